The summed E-state index contributed by atoms with van der Waals surface area (Å²) in [5.41, 5.74) is 0.494. The first-order chi connectivity index (χ1) is 9.13. The fourth-order valence-electron chi connectivity index (χ4n) is 1.56. The van der Waals surface area contributed by atoms with Crippen LogP contribution in [0.15, 0.2) is 40.1 Å². The summed E-state index contributed by atoms with van der Waals surface area (Å²) in [7, 11) is -3.51. The van der Waals surface area contributed by atoms with Gasteiger partial charge in [0.05, 0.1) is 12.2 Å². The second-order valence-electron chi connectivity index (χ2n) is 3.70. The van der Waals surface area contributed by atoms with Crippen LogP contribution in [0.25, 0.3) is 0 Å². The van der Waals surface area contributed by atoms with Crippen LogP contribution in [0, 0.1) is 0 Å². The number of hydrogen-bond acceptors (Lipinski definition) is 6. The summed E-state index contributed by atoms with van der Waals surface area (Å²) in [6.07, 6.45) is 1.22. The molecule has 8 heteroatoms. The third-order valence-electron chi connectivity index (χ3n) is 2.35. The van der Waals surface area contributed by atoms with Gasteiger partial charge >= 0.3 is 0 Å². The minimum Gasteiger partial charge on any atom is -0.377 e. The topological polar surface area (TPSA) is 97.1 Å². The van der Waals surface area contributed by atoms with Crippen LogP contribution in [0.1, 0.15) is 12.7 Å². The molecule has 102 valence electrons. The molecule has 0 saturated heterocycles. The fourth-order valence-corrected chi connectivity index (χ4v) is 2.78. The summed E-state index contributed by atoms with van der Waals surface area (Å²) in [5, 5.41) is 6.62. The number of benzene rings is 1. The molecule has 0 unspecified atom stereocenters. The number of anilines is 1. The van der Waals surface area contributed by atoms with Crippen LogP contribution in [0.2, 0.25) is 0 Å². The zero-order valence-electron chi connectivity index (χ0n) is 10.3. The summed E-state index contributed by atoms with van der Waals surface area (Å²) in [5.74, 6) is 0.454. The molecule has 2 rings (SSSR count). The van der Waals surface area contributed by atoms with Crippen molar-refractivity contribution in [3.63, 3.8) is 0 Å². The molecule has 19 heavy (non-hydrogen) atoms. The molecule has 0 bridgehead atoms. The molecule has 0 atom stereocenters. The number of nitrogens with one attached hydrogen (secondary N) is 2. The van der Waals surface area contributed by atoms with Gasteiger partial charge in [0.1, 0.15) is 4.90 Å². The molecule has 2 aromatic rings. The van der Waals surface area contributed by atoms with Crippen LogP contribution in [-0.4, -0.2) is 25.1 Å². The molecule has 7 nitrogen and oxygen atoms in total. The summed E-state index contributed by atoms with van der Waals surface area (Å²) in [6, 6.07) is 6.65. The largest absolute Gasteiger partial charge is 0.377 e. The van der Waals surface area contributed by atoms with E-state index in [-0.39, 0.29) is 11.4 Å². The van der Waals surface area contributed by atoms with Crippen LogP contribution < -0.4 is 10.0 Å². The lowest BCUT2D eigenvalue weighted by molar-refractivity contribution is 0.411. The Hall–Kier alpha value is -1.93. The third-order valence-corrected chi connectivity index (χ3v) is 3.96. The normalized spacial score (nSPS) is 11.4. The lowest BCUT2D eigenvalue weighted by Gasteiger charge is -2.11. The number of para-hydroxylation sites is 1. The Morgan fingerprint density at radius 1 is 1.32 bits per heavy atom. The predicted octanol–water partition coefficient (Wildman–Crippen LogP) is 0.980. The molecule has 1 aromatic carbocycles. The van der Waals surface area contributed by atoms with E-state index in [1.807, 2.05) is 0 Å². The number of rotatable bonds is 6. The molecule has 0 spiro atoms. The lowest BCUT2D eigenvalue weighted by Crippen LogP contribution is -2.24. The minimum atomic E-state index is -3.51. The molecule has 0 aliphatic heterocycles. The van der Waals surface area contributed by atoms with Crippen molar-refractivity contribution in [1.82, 2.24) is 14.9 Å². The first-order valence-electron chi connectivity index (χ1n) is 5.71. The molecular formula is C11H14N4O3S. The zero-order chi connectivity index (χ0) is 13.7. The number of nitrogens with zero attached hydrogens (tertiary/aromatic N) is 2. The predicted molar refractivity (Wildman–Crippen MR) is 68.9 cm³/mol. The van der Waals surface area contributed by atoms with Gasteiger partial charge in [-0.1, -0.05) is 24.2 Å². The van der Waals surface area contributed by atoms with Gasteiger partial charge in [-0.15, -0.1) is 0 Å². The highest BCUT2D eigenvalue weighted by Gasteiger charge is 2.16. The zero-order valence-corrected chi connectivity index (χ0v) is 11.1. The van der Waals surface area contributed by atoms with Crippen molar-refractivity contribution in [2.24, 2.45) is 0 Å². The summed E-state index contributed by atoms with van der Waals surface area (Å²) < 4.78 is 31.1. The van der Waals surface area contributed by atoms with Gasteiger partial charge in [-0.05, 0) is 12.1 Å². The maximum atomic E-state index is 12.0. The highest BCUT2D eigenvalue weighted by atomic mass is 32.2. The Labute approximate surface area is 111 Å². The van der Waals surface area contributed by atoms with E-state index >= 15 is 0 Å². The Morgan fingerprint density at radius 3 is 2.79 bits per heavy atom. The minimum absolute atomic E-state index is 0.195. The Balaban J connectivity index is 2.21. The number of sulfonamides is 1. The van der Waals surface area contributed by atoms with Gasteiger partial charge in [0.25, 0.3) is 0 Å². The fraction of sp³-hybridized carbons (Fsp3) is 0.273. The van der Waals surface area contributed by atoms with E-state index in [2.05, 4.69) is 24.7 Å². The van der Waals surface area contributed by atoms with E-state index < -0.39 is 10.0 Å². The Kier molecular flexibility index (Phi) is 4.13. The van der Waals surface area contributed by atoms with Crippen molar-refractivity contribution in [3.05, 3.63) is 36.5 Å². The number of hydrogen-bond donors (Lipinski definition) is 2. The molecule has 0 radical (unpaired) electrons. The van der Waals surface area contributed by atoms with Crippen molar-refractivity contribution in [2.45, 2.75) is 18.4 Å². The first-order valence-corrected chi connectivity index (χ1v) is 7.19. The van der Waals surface area contributed by atoms with Crippen molar-refractivity contribution in [3.8, 4) is 0 Å². The molecule has 1 aromatic heterocycles. The first kappa shape index (κ1) is 13.5. The van der Waals surface area contributed by atoms with Crippen molar-refractivity contribution < 1.29 is 12.9 Å². The van der Waals surface area contributed by atoms with E-state index in [1.165, 1.54) is 12.5 Å². The second-order valence-corrected chi connectivity index (χ2v) is 5.43. The third kappa shape index (κ3) is 3.30. The van der Waals surface area contributed by atoms with Crippen molar-refractivity contribution >= 4 is 15.7 Å². The van der Waals surface area contributed by atoms with Gasteiger partial charge in [-0.25, -0.2) is 13.1 Å². The number of aromatic nitrogens is 2. The molecule has 0 saturated carbocycles. The quantitative estimate of drug-likeness (QED) is 0.819. The summed E-state index contributed by atoms with van der Waals surface area (Å²) >= 11 is 0. The standard InChI is InChI=1S/C11H14N4O3S/c1-2-14-19(16,17)10-6-4-3-5-9(10)12-7-11-13-8-18-15-11/h3-6,8,12,14H,2,7H2,1H3. The van der Waals surface area contributed by atoms with Crippen LogP contribution in [0.4, 0.5) is 5.69 Å². The van der Waals surface area contributed by atoms with E-state index in [0.717, 1.165) is 0 Å². The molecule has 0 aliphatic rings. The molecule has 0 amide bonds. The average molecular weight is 282 g/mol. The van der Waals surface area contributed by atoms with Crippen LogP contribution >= 0.6 is 0 Å². The molecule has 1 heterocycles. The summed E-state index contributed by atoms with van der Waals surface area (Å²) in [4.78, 5) is 4.05. The highest BCUT2D eigenvalue weighted by molar-refractivity contribution is 7.89. The molecule has 2 N–H and O–H groups in total. The van der Waals surface area contributed by atoms with Gasteiger partial charge in [-0.2, -0.15) is 4.98 Å². The monoisotopic (exact) mass is 282 g/mol. The summed E-state index contributed by atoms with van der Waals surface area (Å²) in [6.45, 7) is 2.35. The van der Waals surface area contributed by atoms with Crippen molar-refractivity contribution in [2.75, 3.05) is 11.9 Å². The van der Waals surface area contributed by atoms with Gasteiger partial charge in [0, 0.05) is 6.54 Å². The van der Waals surface area contributed by atoms with E-state index in [1.54, 1.807) is 25.1 Å². The van der Waals surface area contributed by atoms with Gasteiger partial charge < -0.3 is 9.84 Å². The van der Waals surface area contributed by atoms with E-state index in [0.29, 0.717) is 18.1 Å². The van der Waals surface area contributed by atoms with Crippen LogP contribution in [0.5, 0.6) is 0 Å². The van der Waals surface area contributed by atoms with E-state index in [9.17, 15) is 8.42 Å². The van der Waals surface area contributed by atoms with E-state index in [4.69, 9.17) is 0 Å². The molecular weight excluding hydrogens is 268 g/mol. The Bertz CT molecular complexity index is 625. The second kappa shape index (κ2) is 5.81. The van der Waals surface area contributed by atoms with Crippen LogP contribution in [0.3, 0.4) is 0 Å². The maximum Gasteiger partial charge on any atom is 0.242 e. The molecule has 0 aliphatic carbocycles. The van der Waals surface area contributed by atoms with Gasteiger partial charge in [-0.3, -0.25) is 0 Å². The smallest absolute Gasteiger partial charge is 0.242 e. The van der Waals surface area contributed by atoms with Gasteiger partial charge in [0.15, 0.2) is 5.82 Å². The van der Waals surface area contributed by atoms with Gasteiger partial charge in [0.2, 0.25) is 16.4 Å². The van der Waals surface area contributed by atoms with Crippen LogP contribution in [-0.2, 0) is 16.6 Å². The SMILES string of the molecule is CCNS(=O)(=O)c1ccccc1NCc1ncon1. The maximum absolute atomic E-state index is 12.0. The lowest BCUT2D eigenvalue weighted by atomic mass is 10.3. The highest BCUT2D eigenvalue weighted by Crippen LogP contribution is 2.20. The van der Waals surface area contributed by atoms with Crippen molar-refractivity contribution in [1.29, 1.82) is 0 Å². The average Bonchev–Trinajstić information content (AvgIpc) is 2.90. The molecule has 0 fully saturated rings. The Morgan fingerprint density at radius 2 is 2.11 bits per heavy atom.